The first-order valence-electron chi connectivity index (χ1n) is 5.49. The normalized spacial score (nSPS) is 15.3. The molecule has 0 aliphatic rings. The maximum atomic E-state index is 2.33. The van der Waals surface area contributed by atoms with Crippen molar-refractivity contribution in [1.82, 2.24) is 4.90 Å². The molecule has 0 aliphatic carbocycles. The molecule has 1 nitrogen and oxygen atoms in total. The van der Waals surface area contributed by atoms with E-state index >= 15 is 0 Å². The van der Waals surface area contributed by atoms with Crippen molar-refractivity contribution in [2.45, 2.75) is 30.0 Å². The fraction of sp³-hybridized carbons (Fsp3) is 0.538. The van der Waals surface area contributed by atoms with Crippen molar-refractivity contribution in [1.29, 1.82) is 0 Å². The van der Waals surface area contributed by atoms with Gasteiger partial charge in [0.15, 0.2) is 0 Å². The molecule has 0 amide bonds. The molecule has 0 saturated heterocycles. The predicted molar refractivity (Wildman–Crippen MR) is 68.6 cm³/mol. The molecule has 0 aromatic heterocycles. The molecule has 0 spiro atoms. The van der Waals surface area contributed by atoms with E-state index in [1.54, 1.807) is 0 Å². The summed E-state index contributed by atoms with van der Waals surface area (Å²) in [5.41, 5.74) is 1.50. The van der Waals surface area contributed by atoms with Crippen molar-refractivity contribution in [3.05, 3.63) is 35.9 Å². The van der Waals surface area contributed by atoms with E-state index < -0.39 is 0 Å². The molecule has 2 heteroatoms. The number of nitrogens with zero attached hydrogens (tertiary/aromatic N) is 1. The summed E-state index contributed by atoms with van der Waals surface area (Å²) in [6, 6.07) is 11.6. The Morgan fingerprint density at radius 2 is 1.80 bits per heavy atom. The van der Waals surface area contributed by atoms with Crippen molar-refractivity contribution in [2.24, 2.45) is 0 Å². The number of likely N-dealkylation sites (N-methyl/N-ethyl adjacent to an activating group) is 1. The van der Waals surface area contributed by atoms with Crippen molar-refractivity contribution < 1.29 is 0 Å². The first-order chi connectivity index (χ1) is 7.16. The van der Waals surface area contributed by atoms with Crippen LogP contribution in [-0.4, -0.2) is 40.0 Å². The van der Waals surface area contributed by atoms with E-state index in [2.05, 4.69) is 63.2 Å². The van der Waals surface area contributed by atoms with E-state index in [1.165, 1.54) is 10.9 Å². The summed E-state index contributed by atoms with van der Waals surface area (Å²) >= 11 is 0.699. The van der Waals surface area contributed by atoms with E-state index in [0.29, 0.717) is 21.0 Å². The van der Waals surface area contributed by atoms with Gasteiger partial charge in [-0.2, -0.15) is 0 Å². The van der Waals surface area contributed by atoms with Crippen LogP contribution in [0.3, 0.4) is 0 Å². The summed E-state index contributed by atoms with van der Waals surface area (Å²) in [5, 5.41) is 1.31. The average molecular weight is 270 g/mol. The number of hydrogen-bond acceptors (Lipinski definition) is 1. The molecule has 0 N–H and O–H groups in total. The van der Waals surface area contributed by atoms with Crippen molar-refractivity contribution in [2.75, 3.05) is 14.1 Å². The summed E-state index contributed by atoms with van der Waals surface area (Å²) in [5.74, 6) is 0. The molecule has 2 atom stereocenters. The van der Waals surface area contributed by atoms with Gasteiger partial charge in [-0.1, -0.05) is 0 Å². The molecule has 0 aliphatic heterocycles. The van der Waals surface area contributed by atoms with Gasteiger partial charge in [0, 0.05) is 0 Å². The number of rotatable bonds is 5. The Bertz CT molecular complexity index is 271. The van der Waals surface area contributed by atoms with E-state index in [9.17, 15) is 0 Å². The summed E-state index contributed by atoms with van der Waals surface area (Å²) in [7, 11) is 4.35. The van der Waals surface area contributed by atoms with Crippen LogP contribution in [0.4, 0.5) is 0 Å². The minimum absolute atomic E-state index is 0.632. The fourth-order valence-electron chi connectivity index (χ4n) is 1.61. The second kappa shape index (κ2) is 6.32. The molecule has 15 heavy (non-hydrogen) atoms. The van der Waals surface area contributed by atoms with Crippen LogP contribution in [-0.2, 0) is 0 Å². The Kier molecular flexibility index (Phi) is 5.38. The summed E-state index contributed by atoms with van der Waals surface area (Å²) in [6.45, 7) is 4.62. The van der Waals surface area contributed by atoms with Gasteiger partial charge in [0.2, 0.25) is 0 Å². The Morgan fingerprint density at radius 1 is 1.20 bits per heavy atom. The number of benzene rings is 1. The first-order valence-corrected chi connectivity index (χ1v) is 7.69. The van der Waals surface area contributed by atoms with Crippen molar-refractivity contribution in [3.63, 3.8) is 0 Å². The summed E-state index contributed by atoms with van der Waals surface area (Å²) < 4.78 is 0. The van der Waals surface area contributed by atoms with Gasteiger partial charge in [-0.15, -0.1) is 0 Å². The monoisotopic (exact) mass is 271 g/mol. The van der Waals surface area contributed by atoms with Gasteiger partial charge in [-0.25, -0.2) is 0 Å². The third-order valence-corrected chi connectivity index (χ3v) is 5.58. The van der Waals surface area contributed by atoms with Gasteiger partial charge in [-0.05, 0) is 0 Å². The summed E-state index contributed by atoms with van der Waals surface area (Å²) in [4.78, 5) is 3.05. The molecular weight excluding hydrogens is 249 g/mol. The van der Waals surface area contributed by atoms with Crippen LogP contribution in [0.5, 0.6) is 0 Å². The fourth-order valence-corrected chi connectivity index (χ4v) is 4.19. The van der Waals surface area contributed by atoms with Gasteiger partial charge < -0.3 is 0 Å². The third kappa shape index (κ3) is 3.64. The van der Waals surface area contributed by atoms with Crippen LogP contribution < -0.4 is 0 Å². The minimum atomic E-state index is 0.632. The number of hydrogen-bond donors (Lipinski definition) is 0. The van der Waals surface area contributed by atoms with Crippen LogP contribution in [0, 0.1) is 0 Å². The molecule has 1 aromatic carbocycles. The molecule has 0 radical (unpaired) electrons. The Balaban J connectivity index is 2.83. The van der Waals surface area contributed by atoms with Gasteiger partial charge in [-0.3, -0.25) is 0 Å². The van der Waals surface area contributed by atoms with Gasteiger partial charge in [0.05, 0.1) is 0 Å². The van der Waals surface area contributed by atoms with Crippen LogP contribution in [0.2, 0.25) is 5.32 Å². The van der Waals surface area contributed by atoms with E-state index in [4.69, 9.17) is 0 Å². The molecule has 1 rings (SSSR count). The zero-order valence-corrected chi connectivity index (χ0v) is 11.8. The van der Waals surface area contributed by atoms with Crippen LogP contribution in [0.15, 0.2) is 30.3 Å². The predicted octanol–water partition coefficient (Wildman–Crippen LogP) is 2.82. The molecule has 0 bridgehead atoms. The molecule has 0 unspecified atom stereocenters. The van der Waals surface area contributed by atoms with Gasteiger partial charge >= 0.3 is 99.9 Å². The van der Waals surface area contributed by atoms with E-state index in [0.717, 1.165) is 4.82 Å². The molecule has 0 heterocycles. The molecular formula is C13H21NSe. The summed E-state index contributed by atoms with van der Waals surface area (Å²) in [6.07, 6.45) is 0. The second-order valence-corrected chi connectivity index (χ2v) is 6.97. The van der Waals surface area contributed by atoms with Gasteiger partial charge in [0.25, 0.3) is 0 Å². The third-order valence-electron chi connectivity index (χ3n) is 2.73. The van der Waals surface area contributed by atoms with Crippen molar-refractivity contribution >= 4 is 15.0 Å². The molecule has 84 valence electrons. The average Bonchev–Trinajstić information content (AvgIpc) is 2.26. The zero-order chi connectivity index (χ0) is 11.3. The van der Waals surface area contributed by atoms with Gasteiger partial charge in [0.1, 0.15) is 0 Å². The van der Waals surface area contributed by atoms with E-state index in [-0.39, 0.29) is 0 Å². The first kappa shape index (κ1) is 12.8. The van der Waals surface area contributed by atoms with Crippen LogP contribution in [0.1, 0.15) is 24.2 Å². The molecule has 0 fully saturated rings. The second-order valence-electron chi connectivity index (χ2n) is 3.99. The Labute approximate surface area is 100 Å². The Hall–Kier alpha value is -0.301. The molecule has 0 saturated carbocycles. The topological polar surface area (TPSA) is 3.24 Å². The standard InChI is InChI=1S/C13H21NSe/c1-5-15-13(11(2)14(3)4)12-9-7-6-8-10-12/h6-11,13H,5H2,1-4H3/t11-,13+/m0/s1. The van der Waals surface area contributed by atoms with Crippen LogP contribution in [0.25, 0.3) is 0 Å². The molecule has 1 aromatic rings. The maximum absolute atomic E-state index is 2.33. The van der Waals surface area contributed by atoms with Crippen LogP contribution >= 0.6 is 0 Å². The SMILES string of the molecule is CC[Se][C@@H](c1ccccc1)[C@H](C)N(C)C. The van der Waals surface area contributed by atoms with Crippen molar-refractivity contribution in [3.8, 4) is 0 Å². The van der Waals surface area contributed by atoms with E-state index in [1.807, 2.05) is 0 Å². The zero-order valence-electron chi connectivity index (χ0n) is 10.1. The quantitative estimate of drug-likeness (QED) is 0.744. The Morgan fingerprint density at radius 3 is 2.27 bits per heavy atom.